The molecule has 0 aromatic carbocycles. The van der Waals surface area contributed by atoms with Gasteiger partial charge in [-0.05, 0) is 24.9 Å². The average molecular weight is 252 g/mol. The summed E-state index contributed by atoms with van der Waals surface area (Å²) in [5.41, 5.74) is 7.44. The van der Waals surface area contributed by atoms with Crippen LogP contribution in [0.15, 0.2) is 12.4 Å². The Labute approximate surface area is 109 Å². The van der Waals surface area contributed by atoms with E-state index in [-0.39, 0.29) is 12.1 Å². The Morgan fingerprint density at radius 2 is 2.44 bits per heavy atom. The van der Waals surface area contributed by atoms with Crippen LogP contribution in [-0.2, 0) is 18.2 Å². The highest BCUT2D eigenvalue weighted by molar-refractivity contribution is 5.06. The van der Waals surface area contributed by atoms with E-state index in [0.717, 1.165) is 32.7 Å². The van der Waals surface area contributed by atoms with Crippen LogP contribution in [0.3, 0.4) is 0 Å². The lowest BCUT2D eigenvalue weighted by molar-refractivity contribution is -0.0400. The lowest BCUT2D eigenvalue weighted by atomic mass is 10.0. The van der Waals surface area contributed by atoms with Gasteiger partial charge < -0.3 is 10.5 Å². The van der Waals surface area contributed by atoms with E-state index in [1.54, 1.807) is 0 Å². The minimum atomic E-state index is 0.0499. The van der Waals surface area contributed by atoms with Crippen LogP contribution in [-0.4, -0.2) is 53.1 Å². The van der Waals surface area contributed by atoms with Crippen LogP contribution in [0.1, 0.15) is 18.9 Å². The molecule has 1 aliphatic heterocycles. The van der Waals surface area contributed by atoms with Crippen molar-refractivity contribution in [1.82, 2.24) is 14.7 Å². The fourth-order valence-electron chi connectivity index (χ4n) is 2.49. The Kier molecular flexibility index (Phi) is 4.74. The fourth-order valence-corrected chi connectivity index (χ4v) is 2.49. The zero-order chi connectivity index (χ0) is 13.0. The van der Waals surface area contributed by atoms with Crippen molar-refractivity contribution in [2.45, 2.75) is 31.9 Å². The monoisotopic (exact) mass is 252 g/mol. The first-order valence-electron chi connectivity index (χ1n) is 6.76. The van der Waals surface area contributed by atoms with E-state index in [0.29, 0.717) is 0 Å². The molecule has 102 valence electrons. The topological polar surface area (TPSA) is 56.3 Å². The maximum absolute atomic E-state index is 6.26. The van der Waals surface area contributed by atoms with Gasteiger partial charge in [-0.2, -0.15) is 5.10 Å². The van der Waals surface area contributed by atoms with Gasteiger partial charge in [0.15, 0.2) is 0 Å². The number of hydrogen-bond acceptors (Lipinski definition) is 4. The Hall–Kier alpha value is -0.910. The van der Waals surface area contributed by atoms with Gasteiger partial charge in [-0.25, -0.2) is 0 Å². The summed E-state index contributed by atoms with van der Waals surface area (Å²) in [6.45, 7) is 6.13. The zero-order valence-corrected chi connectivity index (χ0v) is 11.4. The van der Waals surface area contributed by atoms with E-state index < -0.39 is 0 Å². The zero-order valence-electron chi connectivity index (χ0n) is 11.4. The second-order valence-electron chi connectivity index (χ2n) is 5.10. The highest BCUT2D eigenvalue weighted by Crippen LogP contribution is 2.12. The molecular weight excluding hydrogens is 228 g/mol. The van der Waals surface area contributed by atoms with Crippen molar-refractivity contribution in [3.05, 3.63) is 18.0 Å². The van der Waals surface area contributed by atoms with Gasteiger partial charge in [-0.15, -0.1) is 0 Å². The molecule has 2 rings (SSSR count). The summed E-state index contributed by atoms with van der Waals surface area (Å²) in [6, 6.07) is 0.0499. The number of ether oxygens (including phenoxy) is 1. The maximum atomic E-state index is 6.26. The first kappa shape index (κ1) is 13.5. The lowest BCUT2D eigenvalue weighted by Crippen LogP contribution is -2.51. The summed E-state index contributed by atoms with van der Waals surface area (Å²) in [6.07, 6.45) is 6.06. The molecule has 2 unspecified atom stereocenters. The molecule has 0 aliphatic carbocycles. The van der Waals surface area contributed by atoms with Crippen molar-refractivity contribution < 1.29 is 4.74 Å². The number of aryl methyl sites for hydroxylation is 1. The molecule has 2 heterocycles. The molecule has 0 bridgehead atoms. The van der Waals surface area contributed by atoms with Gasteiger partial charge in [0.05, 0.1) is 18.9 Å². The molecule has 0 radical (unpaired) electrons. The molecule has 18 heavy (non-hydrogen) atoms. The molecule has 5 heteroatoms. The Balaban J connectivity index is 1.86. The number of aromatic nitrogens is 2. The molecule has 0 amide bonds. The number of morpholine rings is 1. The third-order valence-corrected chi connectivity index (χ3v) is 3.42. The van der Waals surface area contributed by atoms with Crippen molar-refractivity contribution in [1.29, 1.82) is 0 Å². The average Bonchev–Trinajstić information content (AvgIpc) is 2.75. The van der Waals surface area contributed by atoms with E-state index in [4.69, 9.17) is 10.5 Å². The van der Waals surface area contributed by atoms with Crippen molar-refractivity contribution in [2.75, 3.05) is 26.2 Å². The van der Waals surface area contributed by atoms with Crippen LogP contribution in [0, 0.1) is 0 Å². The molecule has 2 atom stereocenters. The number of nitrogens with two attached hydrogens (primary N) is 1. The summed E-state index contributed by atoms with van der Waals surface area (Å²) in [5, 5.41) is 4.17. The third-order valence-electron chi connectivity index (χ3n) is 3.42. The van der Waals surface area contributed by atoms with E-state index >= 15 is 0 Å². The van der Waals surface area contributed by atoms with Crippen LogP contribution in [0.4, 0.5) is 0 Å². The highest BCUT2D eigenvalue weighted by atomic mass is 16.5. The SMILES string of the molecule is CCCN1CCOC(C(N)Cc2cnn(C)c2)C1. The number of nitrogens with zero attached hydrogens (tertiary/aromatic N) is 3. The van der Waals surface area contributed by atoms with Gasteiger partial charge >= 0.3 is 0 Å². The van der Waals surface area contributed by atoms with E-state index in [1.807, 2.05) is 24.1 Å². The Morgan fingerprint density at radius 1 is 1.61 bits per heavy atom. The summed E-state index contributed by atoms with van der Waals surface area (Å²) >= 11 is 0. The van der Waals surface area contributed by atoms with E-state index in [1.165, 1.54) is 12.0 Å². The molecule has 0 spiro atoms. The van der Waals surface area contributed by atoms with Crippen molar-refractivity contribution in [3.63, 3.8) is 0 Å². The Bertz CT molecular complexity index is 364. The summed E-state index contributed by atoms with van der Waals surface area (Å²) < 4.78 is 7.61. The Morgan fingerprint density at radius 3 is 3.11 bits per heavy atom. The number of hydrogen-bond donors (Lipinski definition) is 1. The van der Waals surface area contributed by atoms with Crippen molar-refractivity contribution in [3.8, 4) is 0 Å². The van der Waals surface area contributed by atoms with Crippen LogP contribution >= 0.6 is 0 Å². The normalized spacial score (nSPS) is 23.2. The fraction of sp³-hybridized carbons (Fsp3) is 0.769. The van der Waals surface area contributed by atoms with Crippen LogP contribution in [0.25, 0.3) is 0 Å². The quantitative estimate of drug-likeness (QED) is 0.824. The smallest absolute Gasteiger partial charge is 0.0856 e. The largest absolute Gasteiger partial charge is 0.374 e. The number of rotatable bonds is 5. The molecule has 1 fully saturated rings. The first-order valence-corrected chi connectivity index (χ1v) is 6.76. The minimum absolute atomic E-state index is 0.0499. The molecular formula is C13H24N4O. The molecule has 1 aliphatic rings. The van der Waals surface area contributed by atoms with Crippen molar-refractivity contribution >= 4 is 0 Å². The molecule has 1 saturated heterocycles. The van der Waals surface area contributed by atoms with Crippen LogP contribution in [0.5, 0.6) is 0 Å². The van der Waals surface area contributed by atoms with E-state index in [9.17, 15) is 0 Å². The van der Waals surface area contributed by atoms with E-state index in [2.05, 4.69) is 16.9 Å². The standard InChI is InChI=1S/C13H24N4O/c1-3-4-17-5-6-18-13(10-17)12(14)7-11-8-15-16(2)9-11/h8-9,12-13H,3-7,10,14H2,1-2H3. The molecule has 1 aromatic heterocycles. The summed E-state index contributed by atoms with van der Waals surface area (Å²) in [5.74, 6) is 0. The maximum Gasteiger partial charge on any atom is 0.0856 e. The van der Waals surface area contributed by atoms with Crippen LogP contribution in [0.2, 0.25) is 0 Å². The second-order valence-corrected chi connectivity index (χ2v) is 5.10. The molecule has 1 aromatic rings. The predicted octanol–water partition coefficient (Wildman–Crippen LogP) is 0.401. The van der Waals surface area contributed by atoms with Gasteiger partial charge in [0.25, 0.3) is 0 Å². The highest BCUT2D eigenvalue weighted by Gasteiger charge is 2.25. The van der Waals surface area contributed by atoms with Gasteiger partial charge in [0.1, 0.15) is 0 Å². The first-order chi connectivity index (χ1) is 8.69. The third kappa shape index (κ3) is 3.54. The molecule has 5 nitrogen and oxygen atoms in total. The van der Waals surface area contributed by atoms with Gasteiger partial charge in [-0.1, -0.05) is 6.92 Å². The lowest BCUT2D eigenvalue weighted by Gasteiger charge is -2.35. The minimum Gasteiger partial charge on any atom is -0.374 e. The second kappa shape index (κ2) is 6.31. The predicted molar refractivity (Wildman–Crippen MR) is 71.4 cm³/mol. The molecule has 2 N–H and O–H groups in total. The van der Waals surface area contributed by atoms with Gasteiger partial charge in [0, 0.05) is 32.4 Å². The summed E-state index contributed by atoms with van der Waals surface area (Å²) in [4.78, 5) is 2.44. The van der Waals surface area contributed by atoms with Crippen LogP contribution < -0.4 is 5.73 Å². The van der Waals surface area contributed by atoms with Gasteiger partial charge in [-0.3, -0.25) is 9.58 Å². The van der Waals surface area contributed by atoms with Gasteiger partial charge in [0.2, 0.25) is 0 Å². The summed E-state index contributed by atoms with van der Waals surface area (Å²) in [7, 11) is 1.93. The van der Waals surface area contributed by atoms with Crippen molar-refractivity contribution in [2.24, 2.45) is 12.8 Å². The molecule has 0 saturated carbocycles.